The van der Waals surface area contributed by atoms with Crippen molar-refractivity contribution in [2.24, 2.45) is 10.8 Å². The van der Waals surface area contributed by atoms with Crippen LogP contribution in [-0.2, 0) is 14.3 Å². The molecular weight excluding hydrogens is 656 g/mol. The van der Waals surface area contributed by atoms with Gasteiger partial charge in [0, 0.05) is 36.0 Å². The lowest BCUT2D eigenvalue weighted by molar-refractivity contribution is -0.157. The van der Waals surface area contributed by atoms with Gasteiger partial charge in [0.1, 0.15) is 11.5 Å². The molecule has 0 bridgehead atoms. The highest BCUT2D eigenvalue weighted by Gasteiger charge is 2.89. The summed E-state index contributed by atoms with van der Waals surface area (Å²) >= 11 is 10.2. The molecule has 0 radical (unpaired) electrons. The normalized spacial score (nSPS) is 24.6. The van der Waals surface area contributed by atoms with Crippen molar-refractivity contribution in [2.75, 3.05) is 0 Å². The maximum atomic E-state index is 14.0. The van der Waals surface area contributed by atoms with Gasteiger partial charge in [0.05, 0.1) is 5.41 Å². The fourth-order valence-electron chi connectivity index (χ4n) is 5.21. The number of esters is 2. The molecule has 0 spiro atoms. The second-order valence-corrected chi connectivity index (χ2v) is 12.0. The molecule has 1 aliphatic heterocycles. The third-order valence-electron chi connectivity index (χ3n) is 7.01. The molecule has 1 saturated carbocycles. The summed E-state index contributed by atoms with van der Waals surface area (Å²) in [4.78, 5) is 41.5. The number of allylic oxidation sites excluding steroid dienone is 1. The first-order valence-corrected chi connectivity index (χ1v) is 13.5. The highest BCUT2D eigenvalue weighted by molar-refractivity contribution is 9.11. The third kappa shape index (κ3) is 3.64. The highest BCUT2D eigenvalue weighted by Crippen LogP contribution is 2.78. The molecule has 0 saturated heterocycles. The topological polar surface area (TPSA) is 69.7 Å². The summed E-state index contributed by atoms with van der Waals surface area (Å²) < 4.78 is 13.8. The summed E-state index contributed by atoms with van der Waals surface area (Å²) in [7, 11) is 0. The second kappa shape index (κ2) is 9.08. The number of Topliss-reactive ketones (excluding diaryl/α,β-unsaturated/α-hetero) is 1. The zero-order chi connectivity index (χ0) is 25.8. The minimum atomic E-state index is -1.82. The van der Waals surface area contributed by atoms with E-state index in [0.717, 1.165) is 8.95 Å². The van der Waals surface area contributed by atoms with E-state index >= 15 is 0 Å². The van der Waals surface area contributed by atoms with E-state index in [1.165, 1.54) is 0 Å². The van der Waals surface area contributed by atoms with Crippen molar-refractivity contribution < 1.29 is 23.9 Å². The molecular formula is C28H19Br3O5. The fourth-order valence-corrected chi connectivity index (χ4v) is 6.05. The van der Waals surface area contributed by atoms with Crippen molar-refractivity contribution in [1.82, 2.24) is 0 Å². The van der Waals surface area contributed by atoms with Crippen LogP contribution >= 0.6 is 47.8 Å². The van der Waals surface area contributed by atoms with Crippen molar-refractivity contribution in [3.8, 4) is 5.75 Å². The Kier molecular flexibility index (Phi) is 6.34. The monoisotopic (exact) mass is 672 g/mol. The van der Waals surface area contributed by atoms with Crippen molar-refractivity contribution in [2.45, 2.75) is 19.8 Å². The molecule has 0 unspecified atom stereocenters. The molecule has 36 heavy (non-hydrogen) atoms. The molecule has 0 aromatic heterocycles. The average Bonchev–Trinajstić information content (AvgIpc) is 3.46. The summed E-state index contributed by atoms with van der Waals surface area (Å²) in [6.07, 6.45) is 0. The summed E-state index contributed by atoms with van der Waals surface area (Å²) in [6.45, 7) is 3.39. The number of fused-ring (bicyclic) bond motifs is 3. The lowest BCUT2D eigenvalue weighted by Gasteiger charge is -2.23. The van der Waals surface area contributed by atoms with Crippen LogP contribution < -0.4 is 4.74 Å². The number of carbonyl (C=O) groups is 3. The Morgan fingerprint density at radius 1 is 0.889 bits per heavy atom. The summed E-state index contributed by atoms with van der Waals surface area (Å²) in [5, 5.41) is 0. The van der Waals surface area contributed by atoms with Gasteiger partial charge in [-0.2, -0.15) is 0 Å². The van der Waals surface area contributed by atoms with Crippen molar-refractivity contribution in [3.05, 3.63) is 103 Å². The van der Waals surface area contributed by atoms with Gasteiger partial charge in [-0.05, 0) is 44.2 Å². The Balaban J connectivity index is 1.62. The predicted molar refractivity (Wildman–Crippen MR) is 146 cm³/mol. The molecule has 3 atom stereocenters. The van der Waals surface area contributed by atoms with E-state index in [9.17, 15) is 14.4 Å². The zero-order valence-corrected chi connectivity index (χ0v) is 23.9. The van der Waals surface area contributed by atoms with Gasteiger partial charge >= 0.3 is 11.9 Å². The fraction of sp³-hybridized carbons (Fsp3) is 0.179. The van der Waals surface area contributed by atoms with Crippen LogP contribution in [0.2, 0.25) is 0 Å². The third-order valence-corrected chi connectivity index (χ3v) is 8.43. The number of rotatable bonds is 5. The van der Waals surface area contributed by atoms with Crippen LogP contribution in [0.4, 0.5) is 0 Å². The Morgan fingerprint density at radius 2 is 1.44 bits per heavy atom. The Bertz CT molecular complexity index is 1440. The number of ketones is 1. The minimum absolute atomic E-state index is 0.262. The number of carbonyl (C=O) groups excluding carboxylic acids is 3. The Morgan fingerprint density at radius 3 is 2.03 bits per heavy atom. The maximum absolute atomic E-state index is 14.0. The number of hydrogen-bond acceptors (Lipinski definition) is 5. The molecule has 8 heteroatoms. The van der Waals surface area contributed by atoms with Gasteiger partial charge in [-0.1, -0.05) is 90.3 Å². The molecule has 3 aromatic carbocycles. The summed E-state index contributed by atoms with van der Waals surface area (Å²) in [5.74, 6) is -2.05. The van der Waals surface area contributed by atoms with Gasteiger partial charge in [-0.3, -0.25) is 14.4 Å². The lowest BCUT2D eigenvalue weighted by atomic mass is 9.87. The average molecular weight is 675 g/mol. The van der Waals surface area contributed by atoms with E-state index in [4.69, 9.17) is 9.47 Å². The van der Waals surface area contributed by atoms with E-state index in [2.05, 4.69) is 47.8 Å². The maximum Gasteiger partial charge on any atom is 0.330 e. The minimum Gasteiger partial charge on any atom is -0.425 e. The molecule has 182 valence electrons. The van der Waals surface area contributed by atoms with Crippen molar-refractivity contribution in [3.63, 3.8) is 0 Å². The number of hydrogen-bond donors (Lipinski definition) is 0. The highest BCUT2D eigenvalue weighted by atomic mass is 79.9. The lowest BCUT2D eigenvalue weighted by Crippen LogP contribution is -2.40. The van der Waals surface area contributed by atoms with Crippen LogP contribution in [0.3, 0.4) is 0 Å². The number of benzene rings is 3. The van der Waals surface area contributed by atoms with E-state index in [1.54, 1.807) is 74.5 Å². The second-order valence-electron chi connectivity index (χ2n) is 8.97. The van der Waals surface area contributed by atoms with Crippen LogP contribution in [0.25, 0.3) is 5.76 Å². The van der Waals surface area contributed by atoms with Crippen molar-refractivity contribution in [1.29, 1.82) is 0 Å². The molecule has 2 aliphatic rings. The molecule has 0 amide bonds. The first kappa shape index (κ1) is 25.1. The zero-order valence-electron chi connectivity index (χ0n) is 19.2. The number of ether oxygens (including phenoxy) is 2. The Labute approximate surface area is 233 Å². The van der Waals surface area contributed by atoms with E-state index in [-0.39, 0.29) is 11.5 Å². The van der Waals surface area contributed by atoms with Gasteiger partial charge in [-0.15, -0.1) is 0 Å². The largest absolute Gasteiger partial charge is 0.425 e. The van der Waals surface area contributed by atoms with E-state index in [0.29, 0.717) is 26.9 Å². The number of halogens is 3. The van der Waals surface area contributed by atoms with Crippen LogP contribution in [0, 0.1) is 10.8 Å². The van der Waals surface area contributed by atoms with Gasteiger partial charge < -0.3 is 9.47 Å². The van der Waals surface area contributed by atoms with Gasteiger partial charge in [0.25, 0.3) is 0 Å². The van der Waals surface area contributed by atoms with Crippen LogP contribution in [0.1, 0.15) is 41.3 Å². The van der Waals surface area contributed by atoms with Crippen LogP contribution in [0.5, 0.6) is 5.75 Å². The number of para-hydroxylation sites is 1. The van der Waals surface area contributed by atoms with Crippen LogP contribution in [-0.4, -0.2) is 17.7 Å². The summed E-state index contributed by atoms with van der Waals surface area (Å²) in [5.41, 5.74) is -1.55. The molecule has 5 nitrogen and oxygen atoms in total. The van der Waals surface area contributed by atoms with Gasteiger partial charge in [0.2, 0.25) is 0 Å². The molecule has 0 N–H and O–H groups in total. The van der Waals surface area contributed by atoms with Gasteiger partial charge in [0.15, 0.2) is 11.2 Å². The Hall–Kier alpha value is -2.55. The molecule has 3 aromatic rings. The smallest absolute Gasteiger partial charge is 0.330 e. The van der Waals surface area contributed by atoms with Crippen molar-refractivity contribution >= 4 is 71.3 Å². The van der Waals surface area contributed by atoms with E-state index < -0.39 is 28.7 Å². The molecule has 5 rings (SSSR count). The molecule has 1 fully saturated rings. The first-order valence-electron chi connectivity index (χ1n) is 11.1. The van der Waals surface area contributed by atoms with Crippen LogP contribution in [0.15, 0.2) is 86.2 Å². The molecule has 1 heterocycles. The standard InChI is InChI=1S/C28H19Br3O5/c1-15(29)22(16-7-11-18(30)12-8-16)36-26(34)28-23(20-5-3-4-6-21(20)35-25(28)33)27(28,2)24(32)17-9-13-19(31)14-10-17/h3-14,23H,1-2H3/b22-15+/t23-,27-,28-/m0/s1. The predicted octanol–water partition coefficient (Wildman–Crippen LogP) is 7.43. The van der Waals surface area contributed by atoms with E-state index in [1.807, 2.05) is 12.1 Å². The molecule has 1 aliphatic carbocycles. The SMILES string of the molecule is C/C(Br)=C(\OC(=O)[C@@]12C(=O)Oc3ccccc3[C@H]1[C@@]2(C)C(=O)c1ccc(Br)cc1)c1ccc(Br)cc1. The summed E-state index contributed by atoms with van der Waals surface area (Å²) in [6, 6.07) is 21.1. The quantitative estimate of drug-likeness (QED) is 0.0926. The van der Waals surface area contributed by atoms with Gasteiger partial charge in [-0.25, -0.2) is 0 Å². The first-order chi connectivity index (χ1) is 17.1.